The second kappa shape index (κ2) is 8.88. The number of para-hydroxylation sites is 2. The molecule has 1 aromatic carbocycles. The Kier molecular flexibility index (Phi) is 6.32. The van der Waals surface area contributed by atoms with Crippen molar-refractivity contribution in [1.82, 2.24) is 10.6 Å². The van der Waals surface area contributed by atoms with E-state index in [9.17, 15) is 14.4 Å². The number of amides is 4. The average molecular weight is 372 g/mol. The van der Waals surface area contributed by atoms with E-state index < -0.39 is 0 Å². The number of fused-ring (bicyclic) bond motifs is 1. The summed E-state index contributed by atoms with van der Waals surface area (Å²) in [6.07, 6.45) is 5.61. The van der Waals surface area contributed by atoms with Gasteiger partial charge < -0.3 is 16.0 Å². The summed E-state index contributed by atoms with van der Waals surface area (Å²) in [6.45, 7) is 2.58. The minimum atomic E-state index is -0.321. The predicted molar refractivity (Wildman–Crippen MR) is 105 cm³/mol. The zero-order valence-corrected chi connectivity index (χ0v) is 15.8. The van der Waals surface area contributed by atoms with Crippen LogP contribution in [0.15, 0.2) is 24.3 Å². The van der Waals surface area contributed by atoms with E-state index in [-0.39, 0.29) is 30.4 Å². The quantitative estimate of drug-likeness (QED) is 0.694. The lowest BCUT2D eigenvalue weighted by Crippen LogP contribution is -2.47. The summed E-state index contributed by atoms with van der Waals surface area (Å²) >= 11 is 0. The molecule has 4 amide bonds. The van der Waals surface area contributed by atoms with Gasteiger partial charge in [-0.3, -0.25) is 14.5 Å². The highest BCUT2D eigenvalue weighted by atomic mass is 16.2. The first kappa shape index (κ1) is 19.2. The standard InChI is InChI=1S/C20H28N4O3/c1-14-7-2-3-8-15(14)22-18(25)11-6-12-21-20(27)24-13-19(26)23-16-9-4-5-10-17(16)24/h4-5,9-10,14-15H,2-3,6-8,11-13H2,1H3,(H,21,27)(H,22,25)(H,23,26). The van der Waals surface area contributed by atoms with Crippen LogP contribution in [-0.4, -0.2) is 37.0 Å². The van der Waals surface area contributed by atoms with Gasteiger partial charge in [-0.25, -0.2) is 4.79 Å². The van der Waals surface area contributed by atoms with Gasteiger partial charge in [-0.15, -0.1) is 0 Å². The van der Waals surface area contributed by atoms with E-state index in [0.717, 1.165) is 6.42 Å². The summed E-state index contributed by atoms with van der Waals surface area (Å²) in [5, 5.41) is 8.69. The van der Waals surface area contributed by atoms with Crippen molar-refractivity contribution in [2.45, 2.75) is 51.5 Å². The molecule has 7 heteroatoms. The molecule has 0 spiro atoms. The van der Waals surface area contributed by atoms with Crippen LogP contribution in [0.3, 0.4) is 0 Å². The molecule has 0 saturated heterocycles. The monoisotopic (exact) mass is 372 g/mol. The van der Waals surface area contributed by atoms with Crippen LogP contribution in [0.1, 0.15) is 45.4 Å². The van der Waals surface area contributed by atoms with Crippen LogP contribution in [0.5, 0.6) is 0 Å². The summed E-state index contributed by atoms with van der Waals surface area (Å²) in [6, 6.07) is 7.17. The van der Waals surface area contributed by atoms with Crippen molar-refractivity contribution < 1.29 is 14.4 Å². The van der Waals surface area contributed by atoms with Gasteiger partial charge in [-0.1, -0.05) is 31.9 Å². The molecule has 1 saturated carbocycles. The van der Waals surface area contributed by atoms with Gasteiger partial charge in [-0.05, 0) is 37.3 Å². The van der Waals surface area contributed by atoms with Crippen molar-refractivity contribution in [3.63, 3.8) is 0 Å². The van der Waals surface area contributed by atoms with Crippen molar-refractivity contribution in [1.29, 1.82) is 0 Å². The fourth-order valence-corrected chi connectivity index (χ4v) is 3.76. The Balaban J connectivity index is 1.42. The van der Waals surface area contributed by atoms with E-state index in [1.165, 1.54) is 24.2 Å². The number of benzene rings is 1. The minimum Gasteiger partial charge on any atom is -0.353 e. The molecule has 1 aliphatic heterocycles. The van der Waals surface area contributed by atoms with Crippen LogP contribution in [-0.2, 0) is 9.59 Å². The van der Waals surface area contributed by atoms with Crippen molar-refractivity contribution in [3.8, 4) is 0 Å². The van der Waals surface area contributed by atoms with Crippen LogP contribution >= 0.6 is 0 Å². The highest BCUT2D eigenvalue weighted by molar-refractivity contribution is 6.09. The van der Waals surface area contributed by atoms with Crippen molar-refractivity contribution in [3.05, 3.63) is 24.3 Å². The van der Waals surface area contributed by atoms with E-state index in [0.29, 0.717) is 36.7 Å². The largest absolute Gasteiger partial charge is 0.353 e. The number of rotatable bonds is 5. The Morgan fingerprint density at radius 3 is 2.81 bits per heavy atom. The Hall–Kier alpha value is -2.57. The van der Waals surface area contributed by atoms with Gasteiger partial charge in [0.15, 0.2) is 0 Å². The average Bonchev–Trinajstić information content (AvgIpc) is 2.66. The molecule has 2 unspecified atom stereocenters. The maximum Gasteiger partial charge on any atom is 0.322 e. The second-order valence-electron chi connectivity index (χ2n) is 7.42. The van der Waals surface area contributed by atoms with Crippen LogP contribution in [0.4, 0.5) is 16.2 Å². The molecule has 27 heavy (non-hydrogen) atoms. The number of hydrogen-bond donors (Lipinski definition) is 3. The highest BCUT2D eigenvalue weighted by Crippen LogP contribution is 2.28. The molecule has 2 atom stereocenters. The number of anilines is 2. The summed E-state index contributed by atoms with van der Waals surface area (Å²) in [4.78, 5) is 37.8. The lowest BCUT2D eigenvalue weighted by atomic mass is 9.86. The highest BCUT2D eigenvalue weighted by Gasteiger charge is 2.26. The summed E-state index contributed by atoms with van der Waals surface area (Å²) in [5.74, 6) is 0.364. The minimum absolute atomic E-state index is 0.0110. The molecule has 1 aliphatic carbocycles. The maximum absolute atomic E-state index is 12.4. The van der Waals surface area contributed by atoms with Gasteiger partial charge >= 0.3 is 6.03 Å². The Morgan fingerprint density at radius 2 is 2.00 bits per heavy atom. The molecular formula is C20H28N4O3. The summed E-state index contributed by atoms with van der Waals surface area (Å²) in [7, 11) is 0. The molecule has 0 radical (unpaired) electrons. The molecule has 3 N–H and O–H groups in total. The molecular weight excluding hydrogens is 344 g/mol. The first-order valence-corrected chi connectivity index (χ1v) is 9.78. The number of hydrogen-bond acceptors (Lipinski definition) is 3. The molecule has 0 bridgehead atoms. The van der Waals surface area contributed by atoms with E-state index in [4.69, 9.17) is 0 Å². The van der Waals surface area contributed by atoms with E-state index >= 15 is 0 Å². The number of nitrogens with zero attached hydrogens (tertiary/aromatic N) is 1. The van der Waals surface area contributed by atoms with Crippen LogP contribution in [0.2, 0.25) is 0 Å². The fourth-order valence-electron chi connectivity index (χ4n) is 3.76. The van der Waals surface area contributed by atoms with Gasteiger partial charge in [0, 0.05) is 19.0 Å². The number of carbonyl (C=O) groups is 3. The SMILES string of the molecule is CC1CCCCC1NC(=O)CCCNC(=O)N1CC(=O)Nc2ccccc21. The second-order valence-corrected chi connectivity index (χ2v) is 7.42. The lowest BCUT2D eigenvalue weighted by molar-refractivity contribution is -0.122. The van der Waals surface area contributed by atoms with Crippen LogP contribution in [0, 0.1) is 5.92 Å². The third kappa shape index (κ3) is 4.99. The topological polar surface area (TPSA) is 90.5 Å². The van der Waals surface area contributed by atoms with Gasteiger partial charge in [-0.2, -0.15) is 0 Å². The third-order valence-corrected chi connectivity index (χ3v) is 5.33. The lowest BCUT2D eigenvalue weighted by Gasteiger charge is -2.29. The van der Waals surface area contributed by atoms with Gasteiger partial charge in [0.05, 0.1) is 11.4 Å². The van der Waals surface area contributed by atoms with Gasteiger partial charge in [0.2, 0.25) is 11.8 Å². The molecule has 1 heterocycles. The van der Waals surface area contributed by atoms with E-state index in [2.05, 4.69) is 22.9 Å². The maximum atomic E-state index is 12.4. The van der Waals surface area contributed by atoms with Crippen LogP contribution in [0.25, 0.3) is 0 Å². The zero-order valence-electron chi connectivity index (χ0n) is 15.8. The molecule has 1 aromatic rings. The number of carbonyl (C=O) groups excluding carboxylic acids is 3. The smallest absolute Gasteiger partial charge is 0.322 e. The van der Waals surface area contributed by atoms with E-state index in [1.54, 1.807) is 12.1 Å². The fraction of sp³-hybridized carbons (Fsp3) is 0.550. The first-order chi connectivity index (χ1) is 13.0. The molecule has 2 aliphatic rings. The number of nitrogens with one attached hydrogen (secondary N) is 3. The van der Waals surface area contributed by atoms with Crippen molar-refractivity contribution in [2.75, 3.05) is 23.3 Å². The van der Waals surface area contributed by atoms with Gasteiger partial charge in [0.25, 0.3) is 0 Å². The summed E-state index contributed by atoms with van der Waals surface area (Å²) in [5.41, 5.74) is 1.31. The normalized spacial score (nSPS) is 21.8. The molecule has 1 fully saturated rings. The predicted octanol–water partition coefficient (Wildman–Crippen LogP) is 2.63. The summed E-state index contributed by atoms with van der Waals surface area (Å²) < 4.78 is 0. The number of urea groups is 1. The molecule has 7 nitrogen and oxygen atoms in total. The molecule has 146 valence electrons. The van der Waals surface area contributed by atoms with E-state index in [1.807, 2.05) is 12.1 Å². The Bertz CT molecular complexity index is 706. The molecule has 0 aromatic heterocycles. The zero-order chi connectivity index (χ0) is 19.2. The van der Waals surface area contributed by atoms with Crippen molar-refractivity contribution in [2.24, 2.45) is 5.92 Å². The van der Waals surface area contributed by atoms with Gasteiger partial charge in [0.1, 0.15) is 6.54 Å². The van der Waals surface area contributed by atoms with Crippen LogP contribution < -0.4 is 20.9 Å². The molecule has 3 rings (SSSR count). The van der Waals surface area contributed by atoms with Crippen molar-refractivity contribution >= 4 is 29.2 Å². The third-order valence-electron chi connectivity index (χ3n) is 5.33. The Morgan fingerprint density at radius 1 is 1.22 bits per heavy atom. The first-order valence-electron chi connectivity index (χ1n) is 9.78. The Labute approximate surface area is 159 Å².